The van der Waals surface area contributed by atoms with E-state index in [1.54, 1.807) is 0 Å². The molecule has 1 aliphatic rings. The number of ether oxygens (including phenoxy) is 2. The smallest absolute Gasteiger partial charge is 0.251 e. The Morgan fingerprint density at radius 1 is 1.07 bits per heavy atom. The normalized spacial score (nSPS) is 15.2. The van der Waals surface area contributed by atoms with Gasteiger partial charge in [-0.05, 0) is 51.0 Å². The van der Waals surface area contributed by atoms with Crippen molar-refractivity contribution < 1.29 is 20.5 Å². The standard InChI is InChI=1S/C23H36N2O4.H2/c1-17(2)22(26)19-9-12-25(13-10-19)21-7-5-20(6-8-21)23(27)24-11-14-28-15-16-29-18(3)4;/h5-8,17-19H,9-16H2,1-4H3,(H,24,27);1H. The number of nitrogens with one attached hydrogen (secondary N) is 1. The summed E-state index contributed by atoms with van der Waals surface area (Å²) < 4.78 is 10.8. The Balaban J connectivity index is 0.00000450. The molecule has 1 aliphatic heterocycles. The lowest BCUT2D eigenvalue weighted by molar-refractivity contribution is -0.126. The summed E-state index contributed by atoms with van der Waals surface area (Å²) in [5.74, 6) is 0.589. The van der Waals surface area contributed by atoms with Crippen molar-refractivity contribution >= 4 is 17.4 Å². The van der Waals surface area contributed by atoms with E-state index in [-0.39, 0.29) is 25.3 Å². The van der Waals surface area contributed by atoms with E-state index in [1.807, 2.05) is 52.0 Å². The van der Waals surface area contributed by atoms with Crippen LogP contribution in [0.2, 0.25) is 0 Å². The number of hydrogen-bond acceptors (Lipinski definition) is 5. The highest BCUT2D eigenvalue weighted by Gasteiger charge is 2.26. The van der Waals surface area contributed by atoms with Crippen LogP contribution in [-0.4, -0.2) is 57.2 Å². The Bertz CT molecular complexity index is 641. The van der Waals surface area contributed by atoms with E-state index in [0.717, 1.165) is 31.6 Å². The molecule has 1 heterocycles. The number of nitrogens with zero attached hydrogens (tertiary/aromatic N) is 1. The number of carbonyl (C=O) groups is 2. The molecule has 1 aromatic carbocycles. The van der Waals surface area contributed by atoms with Gasteiger partial charge in [-0.3, -0.25) is 9.59 Å². The molecule has 0 aromatic heterocycles. The van der Waals surface area contributed by atoms with Gasteiger partial charge in [-0.25, -0.2) is 0 Å². The van der Waals surface area contributed by atoms with Crippen molar-refractivity contribution in [2.75, 3.05) is 44.4 Å². The fourth-order valence-electron chi connectivity index (χ4n) is 3.50. The second-order valence-corrected chi connectivity index (χ2v) is 8.15. The lowest BCUT2D eigenvalue weighted by Gasteiger charge is -2.33. The van der Waals surface area contributed by atoms with Gasteiger partial charge in [0, 0.05) is 44.1 Å². The summed E-state index contributed by atoms with van der Waals surface area (Å²) in [7, 11) is 0. The molecule has 1 fully saturated rings. The molecule has 1 aromatic rings. The highest BCUT2D eigenvalue weighted by atomic mass is 16.5. The first kappa shape index (κ1) is 23.4. The quantitative estimate of drug-likeness (QED) is 0.569. The van der Waals surface area contributed by atoms with Crippen molar-refractivity contribution in [3.63, 3.8) is 0 Å². The van der Waals surface area contributed by atoms with E-state index in [9.17, 15) is 9.59 Å². The van der Waals surface area contributed by atoms with Gasteiger partial charge in [0.05, 0.1) is 25.9 Å². The van der Waals surface area contributed by atoms with Gasteiger partial charge in [0.2, 0.25) is 0 Å². The number of ketones is 1. The molecular formula is C23H38N2O4. The maximum absolute atomic E-state index is 12.2. The average Bonchev–Trinajstić information content (AvgIpc) is 2.72. The maximum atomic E-state index is 12.2. The number of carbonyl (C=O) groups excluding carboxylic acids is 2. The maximum Gasteiger partial charge on any atom is 0.251 e. The molecule has 1 amide bonds. The van der Waals surface area contributed by atoms with Crippen LogP contribution in [0.5, 0.6) is 0 Å². The number of anilines is 1. The second kappa shape index (κ2) is 11.9. The summed E-state index contributed by atoms with van der Waals surface area (Å²) in [6.45, 7) is 11.7. The van der Waals surface area contributed by atoms with Crippen molar-refractivity contribution in [1.82, 2.24) is 5.32 Å². The number of Topliss-reactive ketones (excluding diaryl/α,β-unsaturated/α-hetero) is 1. The van der Waals surface area contributed by atoms with Crippen molar-refractivity contribution in [1.29, 1.82) is 0 Å². The largest absolute Gasteiger partial charge is 0.377 e. The molecule has 0 bridgehead atoms. The van der Waals surface area contributed by atoms with Crippen molar-refractivity contribution in [2.24, 2.45) is 11.8 Å². The van der Waals surface area contributed by atoms with E-state index >= 15 is 0 Å². The summed E-state index contributed by atoms with van der Waals surface area (Å²) in [6.07, 6.45) is 2.01. The van der Waals surface area contributed by atoms with Gasteiger partial charge >= 0.3 is 0 Å². The molecule has 0 unspecified atom stereocenters. The summed E-state index contributed by atoms with van der Waals surface area (Å²) in [6, 6.07) is 7.68. The first-order chi connectivity index (χ1) is 13.9. The molecule has 0 saturated carbocycles. The number of amides is 1. The van der Waals surface area contributed by atoms with Crippen LogP contribution in [-0.2, 0) is 14.3 Å². The lowest BCUT2D eigenvalue weighted by atomic mass is 9.87. The minimum absolute atomic E-state index is 0. The first-order valence-corrected chi connectivity index (χ1v) is 10.7. The average molecular weight is 407 g/mol. The van der Waals surface area contributed by atoms with Crippen LogP contribution >= 0.6 is 0 Å². The van der Waals surface area contributed by atoms with Gasteiger partial charge in [-0.15, -0.1) is 0 Å². The molecule has 2 rings (SSSR count). The van der Waals surface area contributed by atoms with Crippen LogP contribution in [0.1, 0.15) is 52.3 Å². The van der Waals surface area contributed by atoms with Crippen molar-refractivity contribution in [3.05, 3.63) is 29.8 Å². The van der Waals surface area contributed by atoms with Gasteiger partial charge in [0.25, 0.3) is 5.91 Å². The third-order valence-electron chi connectivity index (χ3n) is 5.17. The monoisotopic (exact) mass is 406 g/mol. The summed E-state index contributed by atoms with van der Waals surface area (Å²) in [5.41, 5.74) is 1.74. The molecule has 1 N–H and O–H groups in total. The molecule has 0 atom stereocenters. The zero-order chi connectivity index (χ0) is 21.2. The van der Waals surface area contributed by atoms with Crippen molar-refractivity contribution in [3.8, 4) is 0 Å². The lowest BCUT2D eigenvalue weighted by Crippen LogP contribution is -2.37. The van der Waals surface area contributed by atoms with E-state index in [1.165, 1.54) is 0 Å². The Morgan fingerprint density at radius 2 is 1.72 bits per heavy atom. The van der Waals surface area contributed by atoms with Gasteiger partial charge in [-0.2, -0.15) is 0 Å². The summed E-state index contributed by atoms with van der Waals surface area (Å²) >= 11 is 0. The van der Waals surface area contributed by atoms with Gasteiger partial charge in [-0.1, -0.05) is 13.8 Å². The highest BCUT2D eigenvalue weighted by molar-refractivity contribution is 5.94. The van der Waals surface area contributed by atoms with E-state index < -0.39 is 0 Å². The molecule has 0 spiro atoms. The Labute approximate surface area is 176 Å². The second-order valence-electron chi connectivity index (χ2n) is 8.15. The third-order valence-corrected chi connectivity index (χ3v) is 5.17. The molecule has 6 nitrogen and oxygen atoms in total. The number of hydrogen-bond donors (Lipinski definition) is 1. The van der Waals surface area contributed by atoms with Crippen LogP contribution in [0.25, 0.3) is 0 Å². The molecule has 0 aliphatic carbocycles. The van der Waals surface area contributed by atoms with E-state index in [4.69, 9.17) is 9.47 Å². The zero-order valence-electron chi connectivity index (χ0n) is 18.3. The highest BCUT2D eigenvalue weighted by Crippen LogP contribution is 2.25. The predicted molar refractivity (Wildman–Crippen MR) is 118 cm³/mol. The summed E-state index contributed by atoms with van der Waals surface area (Å²) in [5, 5.41) is 2.87. The Kier molecular flexibility index (Phi) is 9.61. The fraction of sp³-hybridized carbons (Fsp3) is 0.652. The Morgan fingerprint density at radius 3 is 2.31 bits per heavy atom. The van der Waals surface area contributed by atoms with Crippen LogP contribution in [0, 0.1) is 11.8 Å². The topological polar surface area (TPSA) is 67.9 Å². The number of rotatable bonds is 11. The van der Waals surface area contributed by atoms with Crippen LogP contribution < -0.4 is 10.2 Å². The first-order valence-electron chi connectivity index (χ1n) is 10.7. The zero-order valence-corrected chi connectivity index (χ0v) is 18.3. The molecule has 0 radical (unpaired) electrons. The Hall–Kier alpha value is -1.92. The van der Waals surface area contributed by atoms with Gasteiger partial charge in [0.15, 0.2) is 0 Å². The molecule has 1 saturated heterocycles. The summed E-state index contributed by atoms with van der Waals surface area (Å²) in [4.78, 5) is 26.7. The van der Waals surface area contributed by atoms with E-state index in [2.05, 4.69) is 10.2 Å². The van der Waals surface area contributed by atoms with E-state index in [0.29, 0.717) is 37.7 Å². The van der Waals surface area contributed by atoms with Crippen LogP contribution in [0.15, 0.2) is 24.3 Å². The number of benzene rings is 1. The minimum atomic E-state index is -0.0974. The minimum Gasteiger partial charge on any atom is -0.377 e. The third kappa shape index (κ3) is 7.78. The molecule has 164 valence electrons. The van der Waals surface area contributed by atoms with Crippen LogP contribution in [0.3, 0.4) is 0 Å². The molecule has 29 heavy (non-hydrogen) atoms. The number of piperidine rings is 1. The predicted octanol–water partition coefficient (Wildman–Crippen LogP) is 3.55. The fourth-order valence-corrected chi connectivity index (χ4v) is 3.50. The molecular weight excluding hydrogens is 368 g/mol. The van der Waals surface area contributed by atoms with Gasteiger partial charge in [0.1, 0.15) is 5.78 Å². The van der Waals surface area contributed by atoms with Gasteiger partial charge < -0.3 is 19.7 Å². The SMILES string of the molecule is CC(C)OCCOCCNC(=O)c1ccc(N2CCC(C(=O)C(C)C)CC2)cc1.[HH]. The van der Waals surface area contributed by atoms with Crippen molar-refractivity contribution in [2.45, 2.75) is 46.6 Å². The molecule has 6 heteroatoms. The van der Waals surface area contributed by atoms with Crippen LogP contribution in [0.4, 0.5) is 5.69 Å².